The average molecular weight is 513 g/mol. The standard InChI is InChI=1S/C29H60O3Si2/c1-23(2)20-21-24(3)27(30)25(4)26(32-34(13,14)29(8,9)10)19-17-15-16-18-22-31-33(11,12)28(5,6)7/h21,23,25-26H,15-20,22H2,1-14H3/b24-21+/t25-,26-/m0/s1. The fraction of sp³-hybridized carbons (Fsp3) is 0.897. The van der Waals surface area contributed by atoms with Crippen LogP contribution in [-0.2, 0) is 13.6 Å². The van der Waals surface area contributed by atoms with Gasteiger partial charge in [0.15, 0.2) is 22.4 Å². The molecule has 0 amide bonds. The maximum atomic E-state index is 13.2. The molecule has 0 bridgehead atoms. The van der Waals surface area contributed by atoms with Crippen LogP contribution < -0.4 is 0 Å². The zero-order valence-electron chi connectivity index (χ0n) is 25.5. The Morgan fingerprint density at radius 2 is 1.32 bits per heavy atom. The molecule has 0 N–H and O–H groups in total. The van der Waals surface area contributed by atoms with Crippen molar-refractivity contribution >= 4 is 22.4 Å². The molecule has 0 rings (SSSR count). The second-order valence-electron chi connectivity index (χ2n) is 13.9. The normalized spacial score (nSPS) is 16.1. The number of allylic oxidation sites excluding steroid dienone is 2. The first-order chi connectivity index (χ1) is 15.2. The molecule has 0 saturated heterocycles. The molecule has 0 radical (unpaired) electrons. The summed E-state index contributed by atoms with van der Waals surface area (Å²) in [5.74, 6) is 0.726. The molecule has 0 heterocycles. The highest BCUT2D eigenvalue weighted by Gasteiger charge is 2.41. The van der Waals surface area contributed by atoms with Crippen LogP contribution in [0.25, 0.3) is 0 Å². The van der Waals surface area contributed by atoms with Crippen molar-refractivity contribution in [2.75, 3.05) is 6.61 Å². The van der Waals surface area contributed by atoms with Crippen LogP contribution in [0.15, 0.2) is 11.6 Å². The summed E-state index contributed by atoms with van der Waals surface area (Å²) < 4.78 is 13.2. The molecule has 2 atom stereocenters. The summed E-state index contributed by atoms with van der Waals surface area (Å²) in [6.45, 7) is 32.3. The highest BCUT2D eigenvalue weighted by atomic mass is 28.4. The Bertz CT molecular complexity index is 637. The molecule has 0 aliphatic carbocycles. The van der Waals surface area contributed by atoms with E-state index in [9.17, 15) is 4.79 Å². The lowest BCUT2D eigenvalue weighted by atomic mass is 9.91. The van der Waals surface area contributed by atoms with Gasteiger partial charge in [-0.15, -0.1) is 0 Å². The summed E-state index contributed by atoms with van der Waals surface area (Å²) in [7, 11) is -3.60. The van der Waals surface area contributed by atoms with E-state index in [0.29, 0.717) is 5.92 Å². The van der Waals surface area contributed by atoms with Crippen molar-refractivity contribution < 1.29 is 13.6 Å². The third-order valence-corrected chi connectivity index (χ3v) is 17.2. The average Bonchev–Trinajstić information content (AvgIpc) is 2.67. The molecular formula is C29H60O3Si2. The van der Waals surface area contributed by atoms with E-state index in [4.69, 9.17) is 8.85 Å². The first-order valence-electron chi connectivity index (χ1n) is 13.8. The molecule has 0 aliphatic rings. The molecule has 0 aromatic rings. The Balaban J connectivity index is 5.01. The van der Waals surface area contributed by atoms with E-state index in [2.05, 4.69) is 94.6 Å². The number of hydrogen-bond donors (Lipinski definition) is 0. The van der Waals surface area contributed by atoms with Gasteiger partial charge in [0.25, 0.3) is 0 Å². The minimum atomic E-state index is -1.95. The molecule has 0 aromatic heterocycles. The van der Waals surface area contributed by atoms with E-state index in [1.54, 1.807) is 0 Å². The highest BCUT2D eigenvalue weighted by molar-refractivity contribution is 6.74. The number of carbonyl (C=O) groups is 1. The Morgan fingerprint density at radius 1 is 0.824 bits per heavy atom. The zero-order valence-corrected chi connectivity index (χ0v) is 27.5. The molecule has 202 valence electrons. The minimum Gasteiger partial charge on any atom is -0.417 e. The van der Waals surface area contributed by atoms with E-state index >= 15 is 0 Å². The smallest absolute Gasteiger partial charge is 0.192 e. The summed E-state index contributed by atoms with van der Waals surface area (Å²) in [6.07, 6.45) is 8.60. The highest BCUT2D eigenvalue weighted by Crippen LogP contribution is 2.39. The molecular weight excluding hydrogens is 452 g/mol. The quantitative estimate of drug-likeness (QED) is 0.124. The maximum absolute atomic E-state index is 13.2. The van der Waals surface area contributed by atoms with Crippen molar-refractivity contribution in [1.82, 2.24) is 0 Å². The van der Waals surface area contributed by atoms with Gasteiger partial charge >= 0.3 is 0 Å². The number of Topliss-reactive ketones (excluding diaryl/α,β-unsaturated/α-hetero) is 1. The van der Waals surface area contributed by atoms with Crippen LogP contribution in [-0.4, -0.2) is 35.1 Å². The van der Waals surface area contributed by atoms with Crippen LogP contribution >= 0.6 is 0 Å². The zero-order chi connectivity index (χ0) is 27.0. The Labute approximate surface area is 216 Å². The fourth-order valence-electron chi connectivity index (χ4n) is 3.35. The third kappa shape index (κ3) is 11.7. The molecule has 0 fully saturated rings. The van der Waals surface area contributed by atoms with Crippen molar-refractivity contribution in [1.29, 1.82) is 0 Å². The van der Waals surface area contributed by atoms with E-state index in [0.717, 1.165) is 37.9 Å². The second-order valence-corrected chi connectivity index (χ2v) is 23.5. The van der Waals surface area contributed by atoms with Gasteiger partial charge in [-0.1, -0.05) is 87.7 Å². The lowest BCUT2D eigenvalue weighted by Gasteiger charge is -2.41. The topological polar surface area (TPSA) is 35.5 Å². The molecule has 0 aliphatic heterocycles. The summed E-state index contributed by atoms with van der Waals surface area (Å²) in [4.78, 5) is 13.2. The molecule has 0 spiro atoms. The summed E-state index contributed by atoms with van der Waals surface area (Å²) in [6, 6.07) is 0. The van der Waals surface area contributed by atoms with Gasteiger partial charge in [-0.05, 0) is 73.9 Å². The van der Waals surface area contributed by atoms with Crippen LogP contribution in [0.1, 0.15) is 108 Å². The van der Waals surface area contributed by atoms with Gasteiger partial charge in [-0.2, -0.15) is 0 Å². The van der Waals surface area contributed by atoms with Crippen LogP contribution in [0.4, 0.5) is 0 Å². The van der Waals surface area contributed by atoms with Gasteiger partial charge < -0.3 is 8.85 Å². The van der Waals surface area contributed by atoms with Gasteiger partial charge in [0.05, 0.1) is 6.10 Å². The van der Waals surface area contributed by atoms with E-state index in [-0.39, 0.29) is 27.9 Å². The lowest BCUT2D eigenvalue weighted by molar-refractivity contribution is -0.121. The minimum absolute atomic E-state index is 0.000673. The van der Waals surface area contributed by atoms with Gasteiger partial charge in [0.2, 0.25) is 0 Å². The third-order valence-electron chi connectivity index (χ3n) is 8.16. The van der Waals surface area contributed by atoms with E-state index in [1.165, 1.54) is 12.8 Å². The number of unbranched alkanes of at least 4 members (excludes halogenated alkanes) is 3. The van der Waals surface area contributed by atoms with Gasteiger partial charge in [-0.3, -0.25) is 4.79 Å². The first-order valence-corrected chi connectivity index (χ1v) is 19.6. The Kier molecular flexibility index (Phi) is 13.8. The fourth-order valence-corrected chi connectivity index (χ4v) is 5.87. The monoisotopic (exact) mass is 512 g/mol. The van der Waals surface area contributed by atoms with Crippen molar-refractivity contribution in [2.24, 2.45) is 11.8 Å². The second kappa shape index (κ2) is 13.9. The number of rotatable bonds is 15. The number of carbonyl (C=O) groups excluding carboxylic acids is 1. The number of ketones is 1. The van der Waals surface area contributed by atoms with Crippen LogP contribution in [0, 0.1) is 11.8 Å². The van der Waals surface area contributed by atoms with Crippen molar-refractivity contribution in [3.8, 4) is 0 Å². The maximum Gasteiger partial charge on any atom is 0.192 e. The van der Waals surface area contributed by atoms with Gasteiger partial charge in [0.1, 0.15) is 0 Å². The summed E-state index contributed by atoms with van der Waals surface area (Å²) in [5, 5.41) is 0.406. The predicted molar refractivity (Wildman–Crippen MR) is 156 cm³/mol. The van der Waals surface area contributed by atoms with E-state index in [1.807, 2.05) is 6.92 Å². The SMILES string of the molecule is C/C(=C\CC(C)C)C(=O)[C@@H](C)[C@H](CCCCCCO[Si](C)(C)C(C)(C)C)O[Si](C)(C)C(C)(C)C. The molecule has 0 unspecified atom stereocenters. The first kappa shape index (κ1) is 33.8. The predicted octanol–water partition coefficient (Wildman–Crippen LogP) is 9.55. The van der Waals surface area contributed by atoms with Crippen molar-refractivity contribution in [3.05, 3.63) is 11.6 Å². The summed E-state index contributed by atoms with van der Waals surface area (Å²) in [5.41, 5.74) is 0.896. The largest absolute Gasteiger partial charge is 0.417 e. The molecule has 5 heteroatoms. The van der Waals surface area contributed by atoms with Crippen molar-refractivity contribution in [2.45, 2.75) is 150 Å². The summed E-state index contributed by atoms with van der Waals surface area (Å²) >= 11 is 0. The van der Waals surface area contributed by atoms with Gasteiger partial charge in [0, 0.05) is 12.5 Å². The lowest BCUT2D eigenvalue weighted by Crippen LogP contribution is -2.46. The van der Waals surface area contributed by atoms with Gasteiger partial charge in [-0.25, -0.2) is 0 Å². The Hall–Kier alpha value is -0.236. The molecule has 3 nitrogen and oxygen atoms in total. The van der Waals surface area contributed by atoms with Crippen molar-refractivity contribution in [3.63, 3.8) is 0 Å². The number of hydrogen-bond acceptors (Lipinski definition) is 3. The van der Waals surface area contributed by atoms with Crippen LogP contribution in [0.2, 0.25) is 36.3 Å². The molecule has 0 aromatic carbocycles. The van der Waals surface area contributed by atoms with Crippen LogP contribution in [0.5, 0.6) is 0 Å². The molecule has 0 saturated carbocycles. The Morgan fingerprint density at radius 3 is 1.79 bits per heavy atom. The molecule has 34 heavy (non-hydrogen) atoms. The van der Waals surface area contributed by atoms with E-state index < -0.39 is 16.6 Å². The van der Waals surface area contributed by atoms with Crippen LogP contribution in [0.3, 0.4) is 0 Å².